The molecular weight excluding hydrogens is 568 g/mol. The molecule has 10 atom stereocenters. The van der Waals surface area contributed by atoms with Crippen LogP contribution in [0.2, 0.25) is 0 Å². The number of benzene rings is 2. The minimum atomic E-state index is -1.66. The topological polar surface area (TPSA) is 208 Å². The average molecular weight is 609 g/mol. The van der Waals surface area contributed by atoms with Gasteiger partial charge in [0.05, 0.1) is 19.8 Å². The van der Waals surface area contributed by atoms with E-state index in [1.807, 2.05) is 24.3 Å². The lowest BCUT2D eigenvalue weighted by atomic mass is 9.99. The summed E-state index contributed by atoms with van der Waals surface area (Å²) in [5, 5.41) is 80.4. The second-order valence-corrected chi connectivity index (χ2v) is 10.5. The van der Waals surface area contributed by atoms with E-state index in [1.165, 1.54) is 6.07 Å². The first-order valence-electron chi connectivity index (χ1n) is 14.2. The molecule has 238 valence electrons. The van der Waals surface area contributed by atoms with E-state index in [0.717, 1.165) is 24.2 Å². The number of hydrogen-bond donors (Lipinski definition) is 8. The second kappa shape index (κ2) is 15.3. The molecule has 43 heavy (non-hydrogen) atoms. The third kappa shape index (κ3) is 8.22. The van der Waals surface area contributed by atoms with Crippen molar-refractivity contribution in [3.63, 3.8) is 0 Å². The molecule has 2 aromatic rings. The average Bonchev–Trinajstić information content (AvgIpc) is 3.01. The lowest BCUT2D eigenvalue weighted by Crippen LogP contribution is -2.60. The van der Waals surface area contributed by atoms with Gasteiger partial charge in [0.15, 0.2) is 0 Å². The monoisotopic (exact) mass is 608 g/mol. The van der Waals surface area contributed by atoms with Crippen molar-refractivity contribution in [2.24, 2.45) is 0 Å². The molecule has 2 heterocycles. The zero-order valence-electron chi connectivity index (χ0n) is 23.6. The molecule has 2 aliphatic rings. The summed E-state index contributed by atoms with van der Waals surface area (Å²) in [6.07, 6.45) is -9.58. The van der Waals surface area contributed by atoms with Crippen molar-refractivity contribution in [2.75, 3.05) is 19.8 Å². The molecule has 0 amide bonds. The predicted octanol–water partition coefficient (Wildman–Crippen LogP) is -0.607. The van der Waals surface area contributed by atoms with Crippen LogP contribution in [0.5, 0.6) is 17.2 Å². The molecule has 0 spiro atoms. The Kier molecular flexibility index (Phi) is 11.7. The molecule has 0 saturated carbocycles. The number of hydrogen-bond acceptors (Lipinski definition) is 13. The number of unbranched alkanes of at least 4 members (excludes halogenated alkanes) is 1. The number of aliphatic hydroxyl groups excluding tert-OH is 8. The molecular formula is C30H40O13. The zero-order chi connectivity index (χ0) is 31.1. The number of rotatable bonds is 12. The normalized spacial score (nSPS) is 33.0. The molecule has 2 saturated heterocycles. The van der Waals surface area contributed by atoms with E-state index in [2.05, 4.69) is 6.92 Å². The van der Waals surface area contributed by atoms with Crippen molar-refractivity contribution in [1.29, 1.82) is 0 Å². The standard InChI is InChI=1S/C30H40O13/c1-2-3-10-39-18-8-6-16(7-9-18)4-5-17-11-19(40-29-27(37)25(35)23(33)21(14-31)42-29)13-20(12-17)41-30-28(38)26(36)24(34)22(15-32)43-30/h4-9,11-13,21-38H,2-3,10,14-15H2,1H3/b5-4+/t21-,22-,23-,24-,25+,26+,27-,28-,29-,30-/m1/s1. The van der Waals surface area contributed by atoms with Gasteiger partial charge in [0, 0.05) is 6.07 Å². The Morgan fingerprint density at radius 2 is 1.12 bits per heavy atom. The minimum Gasteiger partial charge on any atom is -0.494 e. The fourth-order valence-electron chi connectivity index (χ4n) is 4.63. The molecule has 13 nitrogen and oxygen atoms in total. The maximum absolute atomic E-state index is 10.4. The van der Waals surface area contributed by atoms with Gasteiger partial charge in [0.2, 0.25) is 12.6 Å². The molecule has 2 fully saturated rings. The van der Waals surface area contributed by atoms with Crippen LogP contribution in [-0.2, 0) is 9.47 Å². The summed E-state index contributed by atoms with van der Waals surface area (Å²) >= 11 is 0. The van der Waals surface area contributed by atoms with Gasteiger partial charge in [-0.25, -0.2) is 0 Å². The molecule has 0 radical (unpaired) electrons. The lowest BCUT2D eigenvalue weighted by molar-refractivity contribution is -0.278. The molecule has 0 bridgehead atoms. The van der Waals surface area contributed by atoms with Crippen LogP contribution >= 0.6 is 0 Å². The predicted molar refractivity (Wildman–Crippen MR) is 151 cm³/mol. The molecule has 2 aliphatic heterocycles. The maximum atomic E-state index is 10.4. The second-order valence-electron chi connectivity index (χ2n) is 10.5. The van der Waals surface area contributed by atoms with Gasteiger partial charge in [-0.3, -0.25) is 0 Å². The maximum Gasteiger partial charge on any atom is 0.229 e. The minimum absolute atomic E-state index is 0.0748. The largest absolute Gasteiger partial charge is 0.494 e. The van der Waals surface area contributed by atoms with Crippen molar-refractivity contribution in [1.82, 2.24) is 0 Å². The van der Waals surface area contributed by atoms with E-state index in [0.29, 0.717) is 12.2 Å². The Labute approximate surface area is 248 Å². The summed E-state index contributed by atoms with van der Waals surface area (Å²) in [6, 6.07) is 11.9. The quantitative estimate of drug-likeness (QED) is 0.112. The van der Waals surface area contributed by atoms with Crippen LogP contribution in [0.25, 0.3) is 12.2 Å². The van der Waals surface area contributed by atoms with E-state index >= 15 is 0 Å². The fourth-order valence-corrected chi connectivity index (χ4v) is 4.63. The van der Waals surface area contributed by atoms with Crippen molar-refractivity contribution in [3.05, 3.63) is 53.6 Å². The summed E-state index contributed by atoms with van der Waals surface area (Å²) in [5.41, 5.74) is 1.37. The van der Waals surface area contributed by atoms with Crippen molar-refractivity contribution < 1.29 is 64.5 Å². The van der Waals surface area contributed by atoms with Gasteiger partial charge in [-0.05, 0) is 41.8 Å². The van der Waals surface area contributed by atoms with Crippen LogP contribution in [-0.4, -0.2) is 122 Å². The molecule has 4 rings (SSSR count). The Morgan fingerprint density at radius 3 is 1.58 bits per heavy atom. The van der Waals surface area contributed by atoms with Crippen LogP contribution in [0, 0.1) is 0 Å². The third-order valence-electron chi connectivity index (χ3n) is 7.22. The van der Waals surface area contributed by atoms with Gasteiger partial charge in [-0.15, -0.1) is 0 Å². The van der Waals surface area contributed by atoms with Crippen LogP contribution in [0.1, 0.15) is 30.9 Å². The molecule has 2 aromatic carbocycles. The van der Waals surface area contributed by atoms with Gasteiger partial charge in [0.1, 0.15) is 66.1 Å². The Balaban J connectivity index is 1.58. The Morgan fingerprint density at radius 1 is 0.628 bits per heavy atom. The van der Waals surface area contributed by atoms with E-state index in [9.17, 15) is 40.9 Å². The molecule has 13 heteroatoms. The van der Waals surface area contributed by atoms with Gasteiger partial charge in [-0.2, -0.15) is 0 Å². The Bertz CT molecular complexity index is 1110. The van der Waals surface area contributed by atoms with Gasteiger partial charge >= 0.3 is 0 Å². The summed E-state index contributed by atoms with van der Waals surface area (Å²) in [7, 11) is 0. The molecule has 0 unspecified atom stereocenters. The highest BCUT2D eigenvalue weighted by Crippen LogP contribution is 2.31. The Hall–Kier alpha value is -2.82. The summed E-state index contributed by atoms with van der Waals surface area (Å²) in [4.78, 5) is 0. The first-order valence-corrected chi connectivity index (χ1v) is 14.2. The number of aliphatic hydroxyl groups is 8. The van der Waals surface area contributed by atoms with Crippen LogP contribution in [0.3, 0.4) is 0 Å². The lowest BCUT2D eigenvalue weighted by Gasteiger charge is -2.40. The van der Waals surface area contributed by atoms with Crippen LogP contribution < -0.4 is 14.2 Å². The van der Waals surface area contributed by atoms with Gasteiger partial charge < -0.3 is 64.5 Å². The summed E-state index contributed by atoms with van der Waals surface area (Å²) in [6.45, 7) is 1.44. The summed E-state index contributed by atoms with van der Waals surface area (Å²) < 4.78 is 28.2. The van der Waals surface area contributed by atoms with E-state index in [4.69, 9.17) is 23.7 Å². The first kappa shape index (κ1) is 33.1. The van der Waals surface area contributed by atoms with E-state index in [-0.39, 0.29) is 11.5 Å². The highest BCUT2D eigenvalue weighted by atomic mass is 16.7. The molecule has 0 aliphatic carbocycles. The number of ether oxygens (including phenoxy) is 5. The highest BCUT2D eigenvalue weighted by Gasteiger charge is 2.46. The zero-order valence-corrected chi connectivity index (χ0v) is 23.6. The van der Waals surface area contributed by atoms with Crippen LogP contribution in [0.4, 0.5) is 0 Å². The van der Waals surface area contributed by atoms with Crippen molar-refractivity contribution >= 4 is 12.2 Å². The van der Waals surface area contributed by atoms with Crippen molar-refractivity contribution in [3.8, 4) is 17.2 Å². The first-order chi connectivity index (χ1) is 20.6. The fraction of sp³-hybridized carbons (Fsp3) is 0.533. The molecule has 8 N–H and O–H groups in total. The van der Waals surface area contributed by atoms with Crippen LogP contribution in [0.15, 0.2) is 42.5 Å². The van der Waals surface area contributed by atoms with E-state index in [1.54, 1.807) is 24.3 Å². The van der Waals surface area contributed by atoms with Gasteiger partial charge in [-0.1, -0.05) is 37.6 Å². The SMILES string of the molecule is CCCCOc1ccc(/C=C/c2cc(O[C@@H]3O[C@H](CO)[C@@H](O)[C@H](O)[C@H]3O)cc(O[C@@H]3O[C@H](CO)[C@@H](O)[C@H](O)[C@H]3O)c2)cc1. The van der Waals surface area contributed by atoms with E-state index < -0.39 is 74.6 Å². The summed E-state index contributed by atoms with van der Waals surface area (Å²) in [5.74, 6) is 0.896. The third-order valence-corrected chi connectivity index (χ3v) is 7.22. The highest BCUT2D eigenvalue weighted by molar-refractivity contribution is 5.71. The molecule has 0 aromatic heterocycles. The van der Waals surface area contributed by atoms with Crippen molar-refractivity contribution in [2.45, 2.75) is 81.2 Å². The van der Waals surface area contributed by atoms with Gasteiger partial charge in [0.25, 0.3) is 0 Å². The smallest absolute Gasteiger partial charge is 0.229 e.